The number of hydrogen-bond donors (Lipinski definition) is 0. The van der Waals surface area contributed by atoms with Crippen LogP contribution in [-0.2, 0) is 4.79 Å². The molecule has 0 bridgehead atoms. The third-order valence-corrected chi connectivity index (χ3v) is 2.80. The van der Waals surface area contributed by atoms with E-state index in [1.807, 2.05) is 19.4 Å². The van der Waals surface area contributed by atoms with Crippen molar-refractivity contribution in [2.75, 3.05) is 12.5 Å². The van der Waals surface area contributed by atoms with E-state index in [9.17, 15) is 4.79 Å². The number of carbonyl (C=O) groups is 1. The fraction of sp³-hybridized carbons (Fsp3) is 0.800. The summed E-state index contributed by atoms with van der Waals surface area (Å²) in [5, 5.41) is 0. The fourth-order valence-corrected chi connectivity index (χ4v) is 1.67. The summed E-state index contributed by atoms with van der Waals surface area (Å²) >= 11 is 2.90. The summed E-state index contributed by atoms with van der Waals surface area (Å²) in [5.41, 5.74) is 0. The van der Waals surface area contributed by atoms with Gasteiger partial charge in [0, 0.05) is 18.9 Å². The first-order valence-electron chi connectivity index (χ1n) is 2.67. The molecule has 0 aliphatic heterocycles. The highest BCUT2D eigenvalue weighted by molar-refractivity contribution is 8.12. The van der Waals surface area contributed by atoms with Crippen molar-refractivity contribution in [1.29, 1.82) is 0 Å². The second kappa shape index (κ2) is 4.99. The van der Waals surface area contributed by atoms with Gasteiger partial charge >= 0.3 is 0 Å². The molecule has 0 atom stereocenters. The maximum absolute atomic E-state index is 10.9. The van der Waals surface area contributed by atoms with Crippen molar-refractivity contribution >= 4 is 29.8 Å². The normalized spacial score (nSPS) is 9.22. The fourth-order valence-electron chi connectivity index (χ4n) is 0.407. The van der Waals surface area contributed by atoms with Crippen LogP contribution in [0.3, 0.4) is 0 Å². The van der Waals surface area contributed by atoms with Crippen LogP contribution in [0.25, 0.3) is 0 Å². The van der Waals surface area contributed by atoms with Crippen molar-refractivity contribution in [3.05, 3.63) is 0 Å². The summed E-state index contributed by atoms with van der Waals surface area (Å²) in [4.78, 5) is 10.9. The molecule has 0 radical (unpaired) electrons. The van der Waals surface area contributed by atoms with Gasteiger partial charge in [-0.3, -0.25) is 4.79 Å². The zero-order valence-corrected chi connectivity index (χ0v) is 7.51. The van der Waals surface area contributed by atoms with Crippen LogP contribution < -0.4 is 0 Å². The van der Waals surface area contributed by atoms with E-state index >= 15 is 0 Å². The maximum atomic E-state index is 10.9. The molecular formula is C5H11NOS2. The highest BCUT2D eigenvalue weighted by Gasteiger charge is 2.06. The van der Waals surface area contributed by atoms with Gasteiger partial charge in [0.05, 0.1) is 0 Å². The number of amides is 1. The summed E-state index contributed by atoms with van der Waals surface area (Å²) in [5.74, 6) is 0.176. The molecule has 0 unspecified atom stereocenters. The Balaban J connectivity index is 3.64. The van der Waals surface area contributed by atoms with Gasteiger partial charge in [0.15, 0.2) is 0 Å². The van der Waals surface area contributed by atoms with Gasteiger partial charge < -0.3 is 0 Å². The van der Waals surface area contributed by atoms with Gasteiger partial charge in [-0.2, -0.15) is 0 Å². The molecule has 0 aromatic heterocycles. The number of hydrogen-bond acceptors (Lipinski definition) is 3. The van der Waals surface area contributed by atoms with Crippen LogP contribution in [0.4, 0.5) is 0 Å². The van der Waals surface area contributed by atoms with Gasteiger partial charge in [-0.15, -0.1) is 0 Å². The predicted octanol–water partition coefficient (Wildman–Crippen LogP) is 1.78. The summed E-state index contributed by atoms with van der Waals surface area (Å²) in [6.45, 7) is 1.86. The standard InChI is InChI=1S/C5H11NOS2/c1-4-5(7)6(8-2)9-3/h4H2,1-3H3. The monoisotopic (exact) mass is 165 g/mol. The first-order chi connectivity index (χ1) is 4.26. The molecule has 0 rings (SSSR count). The van der Waals surface area contributed by atoms with E-state index in [2.05, 4.69) is 0 Å². The summed E-state index contributed by atoms with van der Waals surface area (Å²) < 4.78 is 1.67. The number of nitrogens with zero attached hydrogens (tertiary/aromatic N) is 1. The van der Waals surface area contributed by atoms with E-state index in [-0.39, 0.29) is 5.91 Å². The number of carbonyl (C=O) groups excluding carboxylic acids is 1. The molecule has 54 valence electrons. The van der Waals surface area contributed by atoms with Gasteiger partial charge in [0.1, 0.15) is 0 Å². The van der Waals surface area contributed by atoms with Crippen molar-refractivity contribution in [2.24, 2.45) is 0 Å². The molecule has 1 amide bonds. The number of rotatable bonds is 3. The molecule has 0 saturated carbocycles. The maximum Gasteiger partial charge on any atom is 0.242 e. The third-order valence-electron chi connectivity index (χ3n) is 0.838. The first kappa shape index (κ1) is 9.17. The second-order valence-corrected chi connectivity index (χ2v) is 3.06. The van der Waals surface area contributed by atoms with Gasteiger partial charge in [0.2, 0.25) is 5.91 Å². The Labute approximate surface area is 64.6 Å². The minimum atomic E-state index is 0.176. The van der Waals surface area contributed by atoms with E-state index < -0.39 is 0 Å². The lowest BCUT2D eigenvalue weighted by atomic mass is 10.5. The average molecular weight is 165 g/mol. The van der Waals surface area contributed by atoms with Crippen LogP contribution >= 0.6 is 23.9 Å². The molecule has 0 aromatic carbocycles. The van der Waals surface area contributed by atoms with Crippen LogP contribution in [0, 0.1) is 0 Å². The molecule has 0 aromatic rings. The van der Waals surface area contributed by atoms with Gasteiger partial charge in [0.25, 0.3) is 0 Å². The SMILES string of the molecule is CCC(=O)N(SC)SC. The lowest BCUT2D eigenvalue weighted by Crippen LogP contribution is -2.14. The second-order valence-electron chi connectivity index (χ2n) is 1.37. The highest BCUT2D eigenvalue weighted by atomic mass is 32.2. The molecule has 0 heterocycles. The van der Waals surface area contributed by atoms with Crippen molar-refractivity contribution in [1.82, 2.24) is 3.71 Å². The molecule has 0 fully saturated rings. The van der Waals surface area contributed by atoms with Crippen molar-refractivity contribution in [3.63, 3.8) is 0 Å². The van der Waals surface area contributed by atoms with Crippen LogP contribution in [0.5, 0.6) is 0 Å². The van der Waals surface area contributed by atoms with Gasteiger partial charge in [-0.25, -0.2) is 3.71 Å². The summed E-state index contributed by atoms with van der Waals surface area (Å²) in [6.07, 6.45) is 4.37. The predicted molar refractivity (Wildman–Crippen MR) is 44.2 cm³/mol. The Hall–Kier alpha value is 0.170. The molecule has 9 heavy (non-hydrogen) atoms. The van der Waals surface area contributed by atoms with E-state index in [4.69, 9.17) is 0 Å². The van der Waals surface area contributed by atoms with Crippen LogP contribution in [0.15, 0.2) is 0 Å². The Morgan fingerprint density at radius 3 is 2.00 bits per heavy atom. The van der Waals surface area contributed by atoms with E-state index in [0.29, 0.717) is 6.42 Å². The molecule has 0 N–H and O–H groups in total. The zero-order valence-electron chi connectivity index (χ0n) is 5.88. The molecule has 2 nitrogen and oxygen atoms in total. The molecular weight excluding hydrogens is 154 g/mol. The van der Waals surface area contributed by atoms with Gasteiger partial charge in [-0.1, -0.05) is 6.92 Å². The Morgan fingerprint density at radius 1 is 1.44 bits per heavy atom. The van der Waals surface area contributed by atoms with E-state index in [1.165, 1.54) is 23.9 Å². The van der Waals surface area contributed by atoms with Crippen LogP contribution in [0.2, 0.25) is 0 Å². The summed E-state index contributed by atoms with van der Waals surface area (Å²) in [7, 11) is 0. The van der Waals surface area contributed by atoms with Gasteiger partial charge in [-0.05, 0) is 23.9 Å². The lowest BCUT2D eigenvalue weighted by Gasteiger charge is -2.13. The molecule has 0 spiro atoms. The smallest absolute Gasteiger partial charge is 0.242 e. The molecule has 0 aliphatic rings. The summed E-state index contributed by atoms with van der Waals surface area (Å²) in [6, 6.07) is 0. The molecule has 0 aliphatic carbocycles. The largest absolute Gasteiger partial charge is 0.273 e. The Kier molecular flexibility index (Phi) is 5.09. The zero-order chi connectivity index (χ0) is 7.28. The Morgan fingerprint density at radius 2 is 1.89 bits per heavy atom. The topological polar surface area (TPSA) is 20.3 Å². The third kappa shape index (κ3) is 3.01. The first-order valence-corrected chi connectivity index (χ1v) is 5.03. The molecule has 4 heteroatoms. The van der Waals surface area contributed by atoms with Crippen molar-refractivity contribution in [3.8, 4) is 0 Å². The molecule has 0 saturated heterocycles. The minimum absolute atomic E-state index is 0.176. The van der Waals surface area contributed by atoms with Crippen molar-refractivity contribution in [2.45, 2.75) is 13.3 Å². The quantitative estimate of drug-likeness (QED) is 0.595. The van der Waals surface area contributed by atoms with Crippen molar-refractivity contribution < 1.29 is 4.79 Å². The van der Waals surface area contributed by atoms with E-state index in [1.54, 1.807) is 3.71 Å². The average Bonchev–Trinajstić information content (AvgIpc) is 1.90. The lowest BCUT2D eigenvalue weighted by molar-refractivity contribution is -0.122. The van der Waals surface area contributed by atoms with Crippen LogP contribution in [-0.4, -0.2) is 22.1 Å². The highest BCUT2D eigenvalue weighted by Crippen LogP contribution is 2.16. The Bertz CT molecular complexity index is 93.0. The van der Waals surface area contributed by atoms with E-state index in [0.717, 1.165) is 0 Å². The minimum Gasteiger partial charge on any atom is -0.273 e. The van der Waals surface area contributed by atoms with Crippen LogP contribution in [0.1, 0.15) is 13.3 Å².